The fourth-order valence-electron chi connectivity index (χ4n) is 2.43. The maximum absolute atomic E-state index is 12.8. The number of rotatable bonds is 8. The van der Waals surface area contributed by atoms with E-state index in [-0.39, 0.29) is 11.9 Å². The molecule has 0 spiro atoms. The van der Waals surface area contributed by atoms with E-state index in [2.05, 4.69) is 27.8 Å². The molecule has 0 aliphatic rings. The van der Waals surface area contributed by atoms with Crippen molar-refractivity contribution in [1.82, 2.24) is 5.32 Å². The summed E-state index contributed by atoms with van der Waals surface area (Å²) >= 11 is 3.18. The second kappa shape index (κ2) is 9.92. The van der Waals surface area contributed by atoms with Gasteiger partial charge in [0.15, 0.2) is 0 Å². The zero-order valence-electron chi connectivity index (χ0n) is 14.6. The molecule has 0 bridgehead atoms. The molecule has 2 rings (SSSR count). The van der Waals surface area contributed by atoms with Gasteiger partial charge in [0.05, 0.1) is 6.04 Å². The highest BCUT2D eigenvalue weighted by Gasteiger charge is 2.27. The molecule has 0 aromatic heterocycles. The number of ether oxygens (including phenoxy) is 1. The number of alkyl halides is 1. The van der Waals surface area contributed by atoms with E-state index in [0.29, 0.717) is 12.0 Å². The SMILES string of the molecule is C=C[C@H](Cc1ccccc1)NC(=O)[C@@H](OC(=O)C(C)Br)c1ccccc1. The fourth-order valence-corrected chi connectivity index (χ4v) is 2.54. The summed E-state index contributed by atoms with van der Waals surface area (Å²) in [5, 5.41) is 2.91. The van der Waals surface area contributed by atoms with Crippen molar-refractivity contribution in [3.8, 4) is 0 Å². The molecule has 0 heterocycles. The molecule has 0 saturated heterocycles. The van der Waals surface area contributed by atoms with Crippen LogP contribution >= 0.6 is 15.9 Å². The van der Waals surface area contributed by atoms with Gasteiger partial charge in [-0.05, 0) is 18.9 Å². The normalized spacial score (nSPS) is 13.9. The molecule has 0 fully saturated rings. The molecule has 2 aromatic carbocycles. The van der Waals surface area contributed by atoms with Gasteiger partial charge in [-0.2, -0.15) is 0 Å². The number of carbonyl (C=O) groups excluding carboxylic acids is 2. The molecule has 1 amide bonds. The van der Waals surface area contributed by atoms with Crippen LogP contribution in [0.2, 0.25) is 0 Å². The molecule has 26 heavy (non-hydrogen) atoms. The largest absolute Gasteiger partial charge is 0.446 e. The molecule has 1 N–H and O–H groups in total. The lowest BCUT2D eigenvalue weighted by Crippen LogP contribution is -2.40. The van der Waals surface area contributed by atoms with Crippen LogP contribution in [0, 0.1) is 0 Å². The summed E-state index contributed by atoms with van der Waals surface area (Å²) in [7, 11) is 0. The van der Waals surface area contributed by atoms with Crippen molar-refractivity contribution in [1.29, 1.82) is 0 Å². The number of halogens is 1. The van der Waals surface area contributed by atoms with E-state index in [1.54, 1.807) is 37.3 Å². The minimum absolute atomic E-state index is 0.267. The minimum Gasteiger partial charge on any atom is -0.446 e. The highest BCUT2D eigenvalue weighted by Crippen LogP contribution is 2.20. The summed E-state index contributed by atoms with van der Waals surface area (Å²) in [5.74, 6) is -0.870. The first-order chi connectivity index (χ1) is 12.5. The monoisotopic (exact) mass is 415 g/mol. The molecule has 0 radical (unpaired) electrons. The first-order valence-electron chi connectivity index (χ1n) is 8.37. The second-order valence-electron chi connectivity index (χ2n) is 5.88. The lowest BCUT2D eigenvalue weighted by molar-refractivity contribution is -0.155. The molecular weight excluding hydrogens is 394 g/mol. The van der Waals surface area contributed by atoms with Crippen LogP contribution < -0.4 is 5.32 Å². The molecule has 5 heteroatoms. The molecule has 0 aliphatic heterocycles. The Morgan fingerprint density at radius 3 is 2.23 bits per heavy atom. The quantitative estimate of drug-likeness (QED) is 0.403. The number of esters is 1. The molecule has 1 unspecified atom stereocenters. The maximum atomic E-state index is 12.8. The topological polar surface area (TPSA) is 55.4 Å². The van der Waals surface area contributed by atoms with Crippen LogP contribution in [0.4, 0.5) is 0 Å². The molecular formula is C21H22BrNO3. The zero-order chi connectivity index (χ0) is 18.9. The van der Waals surface area contributed by atoms with Crippen LogP contribution in [0.5, 0.6) is 0 Å². The van der Waals surface area contributed by atoms with Crippen molar-refractivity contribution in [2.45, 2.75) is 30.3 Å². The first-order valence-corrected chi connectivity index (χ1v) is 9.29. The Labute approximate surface area is 162 Å². The van der Waals surface area contributed by atoms with Crippen LogP contribution in [0.3, 0.4) is 0 Å². The van der Waals surface area contributed by atoms with Crippen LogP contribution in [0.1, 0.15) is 24.2 Å². The Balaban J connectivity index is 2.14. The van der Waals surface area contributed by atoms with Crippen LogP contribution in [0.25, 0.3) is 0 Å². The summed E-state index contributed by atoms with van der Waals surface area (Å²) in [6, 6.07) is 18.5. The van der Waals surface area contributed by atoms with Crippen molar-refractivity contribution in [3.63, 3.8) is 0 Å². The van der Waals surface area contributed by atoms with Gasteiger partial charge in [0.2, 0.25) is 6.10 Å². The zero-order valence-corrected chi connectivity index (χ0v) is 16.2. The Morgan fingerprint density at radius 1 is 1.12 bits per heavy atom. The summed E-state index contributed by atoms with van der Waals surface area (Å²) in [6.07, 6.45) is 1.28. The lowest BCUT2D eigenvalue weighted by atomic mass is 10.0. The van der Waals surface area contributed by atoms with Gasteiger partial charge in [-0.1, -0.05) is 82.7 Å². The number of nitrogens with one attached hydrogen (secondary N) is 1. The van der Waals surface area contributed by atoms with Crippen molar-refractivity contribution >= 4 is 27.8 Å². The Hall–Kier alpha value is -2.40. The van der Waals surface area contributed by atoms with Crippen LogP contribution in [0.15, 0.2) is 73.3 Å². The molecule has 2 aromatic rings. The minimum atomic E-state index is -1.01. The van der Waals surface area contributed by atoms with Gasteiger partial charge in [0.25, 0.3) is 5.91 Å². The van der Waals surface area contributed by atoms with Gasteiger partial charge in [-0.3, -0.25) is 9.59 Å². The third kappa shape index (κ3) is 5.85. The van der Waals surface area contributed by atoms with E-state index in [1.165, 1.54) is 0 Å². The van der Waals surface area contributed by atoms with E-state index < -0.39 is 16.9 Å². The highest BCUT2D eigenvalue weighted by molar-refractivity contribution is 9.10. The average Bonchev–Trinajstić information content (AvgIpc) is 2.66. The predicted molar refractivity (Wildman–Crippen MR) is 106 cm³/mol. The Kier molecular flexibility index (Phi) is 7.60. The van der Waals surface area contributed by atoms with E-state index in [4.69, 9.17) is 4.74 Å². The maximum Gasteiger partial charge on any atom is 0.320 e. The van der Waals surface area contributed by atoms with Crippen molar-refractivity contribution in [2.75, 3.05) is 0 Å². The third-order valence-electron chi connectivity index (χ3n) is 3.81. The Morgan fingerprint density at radius 2 is 1.69 bits per heavy atom. The smallest absolute Gasteiger partial charge is 0.320 e. The van der Waals surface area contributed by atoms with Gasteiger partial charge in [-0.25, -0.2) is 0 Å². The summed E-state index contributed by atoms with van der Waals surface area (Å²) in [5.41, 5.74) is 1.70. The first kappa shape index (κ1) is 19.9. The molecule has 0 saturated carbocycles. The molecule has 4 nitrogen and oxygen atoms in total. The number of hydrogen-bond acceptors (Lipinski definition) is 3. The van der Waals surface area contributed by atoms with Crippen molar-refractivity contribution in [2.24, 2.45) is 0 Å². The van der Waals surface area contributed by atoms with Gasteiger partial charge < -0.3 is 10.1 Å². The van der Waals surface area contributed by atoms with Crippen LogP contribution in [-0.2, 0) is 20.7 Å². The average molecular weight is 416 g/mol. The van der Waals surface area contributed by atoms with Crippen LogP contribution in [-0.4, -0.2) is 22.7 Å². The molecule has 3 atom stereocenters. The number of amides is 1. The number of hydrogen-bond donors (Lipinski definition) is 1. The van der Waals surface area contributed by atoms with Crippen molar-refractivity contribution in [3.05, 3.63) is 84.4 Å². The summed E-state index contributed by atoms with van der Waals surface area (Å²) < 4.78 is 5.42. The van der Waals surface area contributed by atoms with Gasteiger partial charge in [0.1, 0.15) is 4.83 Å². The van der Waals surface area contributed by atoms with E-state index in [9.17, 15) is 9.59 Å². The van der Waals surface area contributed by atoms with E-state index in [1.807, 2.05) is 36.4 Å². The van der Waals surface area contributed by atoms with Gasteiger partial charge in [-0.15, -0.1) is 6.58 Å². The summed E-state index contributed by atoms with van der Waals surface area (Å²) in [4.78, 5) is 24.3. The number of benzene rings is 2. The standard InChI is InChI=1S/C21H22BrNO3/c1-3-18(14-16-10-6-4-7-11-16)23-20(24)19(26-21(25)15(2)22)17-12-8-5-9-13-17/h3-13,15,18-19H,1,14H2,2H3,(H,23,24)/t15?,18-,19+/m1/s1. The second-order valence-corrected chi connectivity index (χ2v) is 7.26. The van der Waals surface area contributed by atoms with E-state index >= 15 is 0 Å². The highest BCUT2D eigenvalue weighted by atomic mass is 79.9. The van der Waals surface area contributed by atoms with E-state index in [0.717, 1.165) is 5.56 Å². The Bertz CT molecular complexity index is 731. The third-order valence-corrected chi connectivity index (χ3v) is 4.18. The lowest BCUT2D eigenvalue weighted by Gasteiger charge is -2.22. The summed E-state index contributed by atoms with van der Waals surface area (Å²) in [6.45, 7) is 5.46. The molecule has 136 valence electrons. The number of carbonyl (C=O) groups is 2. The molecule has 0 aliphatic carbocycles. The van der Waals surface area contributed by atoms with Gasteiger partial charge >= 0.3 is 5.97 Å². The fraction of sp³-hybridized carbons (Fsp3) is 0.238. The van der Waals surface area contributed by atoms with Crippen molar-refractivity contribution < 1.29 is 14.3 Å². The predicted octanol–water partition coefficient (Wildman–Crippen LogP) is 3.97. The van der Waals surface area contributed by atoms with Gasteiger partial charge in [0, 0.05) is 5.56 Å².